The van der Waals surface area contributed by atoms with Crippen molar-refractivity contribution in [3.63, 3.8) is 0 Å². The number of hydrogen-bond acceptors (Lipinski definition) is 1. The highest BCUT2D eigenvalue weighted by Gasteiger charge is 2.45. The van der Waals surface area contributed by atoms with E-state index < -0.39 is 0 Å². The van der Waals surface area contributed by atoms with Crippen molar-refractivity contribution in [2.75, 3.05) is 0 Å². The molecule has 2 unspecified atom stereocenters. The van der Waals surface area contributed by atoms with Crippen molar-refractivity contribution in [3.05, 3.63) is 0 Å². The Labute approximate surface area is 41.9 Å². The molecule has 1 aliphatic heterocycles. The van der Waals surface area contributed by atoms with Gasteiger partial charge in [-0.2, -0.15) is 0 Å². The van der Waals surface area contributed by atoms with Gasteiger partial charge in [0.15, 0.2) is 0 Å². The molecule has 1 heterocycles. The van der Waals surface area contributed by atoms with Crippen LogP contribution in [0.1, 0.15) is 12.8 Å². The Balaban J connectivity index is 2.11. The zero-order valence-corrected chi connectivity index (χ0v) is 3.98. The topological polar surface area (TPSA) is 29.1 Å². The Morgan fingerprint density at radius 1 is 1.57 bits per heavy atom. The third kappa shape index (κ3) is 0.243. The van der Waals surface area contributed by atoms with Crippen LogP contribution in [0.15, 0.2) is 0 Å². The van der Waals surface area contributed by atoms with E-state index in [9.17, 15) is 4.79 Å². The quantitative estimate of drug-likeness (QED) is 0.420. The van der Waals surface area contributed by atoms with Gasteiger partial charge in [-0.15, -0.1) is 0 Å². The highest BCUT2D eigenvalue weighted by atomic mass is 16.2. The smallest absolute Gasteiger partial charge is 0.225 e. The maximum atomic E-state index is 10.4. The van der Waals surface area contributed by atoms with Crippen LogP contribution in [0.4, 0.5) is 0 Å². The van der Waals surface area contributed by atoms with Crippen LogP contribution in [0.3, 0.4) is 0 Å². The zero-order chi connectivity index (χ0) is 4.85. The minimum Gasteiger partial charge on any atom is -0.352 e. The molecular formula is C5H7NO. The van der Waals surface area contributed by atoms with Crippen molar-refractivity contribution < 1.29 is 4.79 Å². The summed E-state index contributed by atoms with van der Waals surface area (Å²) in [5.74, 6) is 0.705. The molecule has 1 N–H and O–H groups in total. The summed E-state index contributed by atoms with van der Waals surface area (Å²) in [6.07, 6.45) is 2.35. The normalized spacial score (nSPS) is 45.4. The minimum absolute atomic E-state index is 0.274. The van der Waals surface area contributed by atoms with Crippen LogP contribution < -0.4 is 5.32 Å². The first-order valence-corrected chi connectivity index (χ1v) is 2.68. The van der Waals surface area contributed by atoms with Crippen LogP contribution >= 0.6 is 0 Å². The summed E-state index contributed by atoms with van der Waals surface area (Å²) in [6.45, 7) is 0. The first kappa shape index (κ1) is 3.47. The lowest BCUT2D eigenvalue weighted by molar-refractivity contribution is -0.141. The number of carbonyl (C=O) groups excluding carboxylic acids is 1. The number of amides is 1. The summed E-state index contributed by atoms with van der Waals surface area (Å²) in [6, 6.07) is 0.590. The standard InChI is InChI=1S/C5H7NO/c7-5-3-1-2-4(3)6-5/h3-4H,1-2H2,(H,6,7). The van der Waals surface area contributed by atoms with E-state index in [0.717, 1.165) is 6.42 Å². The van der Waals surface area contributed by atoms with Crippen LogP contribution in [0, 0.1) is 5.92 Å². The van der Waals surface area contributed by atoms with Crippen molar-refractivity contribution in [1.29, 1.82) is 0 Å². The molecule has 2 rings (SSSR count). The average molecular weight is 97.1 g/mol. The van der Waals surface area contributed by atoms with Crippen LogP contribution in [0.2, 0.25) is 0 Å². The molecule has 0 radical (unpaired) electrons. The van der Waals surface area contributed by atoms with Gasteiger partial charge < -0.3 is 5.32 Å². The van der Waals surface area contributed by atoms with Crippen molar-refractivity contribution in [1.82, 2.24) is 5.32 Å². The fourth-order valence-electron chi connectivity index (χ4n) is 1.18. The van der Waals surface area contributed by atoms with E-state index in [1.165, 1.54) is 6.42 Å². The lowest BCUT2D eigenvalue weighted by Crippen LogP contribution is -2.63. The van der Waals surface area contributed by atoms with E-state index in [1.54, 1.807) is 0 Å². The zero-order valence-electron chi connectivity index (χ0n) is 3.98. The van der Waals surface area contributed by atoms with E-state index in [-0.39, 0.29) is 5.91 Å². The summed E-state index contributed by atoms with van der Waals surface area (Å²) in [5.41, 5.74) is 0. The molecule has 1 saturated carbocycles. The average Bonchev–Trinajstić information content (AvgIpc) is 1.59. The van der Waals surface area contributed by atoms with Crippen molar-refractivity contribution >= 4 is 5.91 Å². The Kier molecular flexibility index (Phi) is 0.412. The van der Waals surface area contributed by atoms with Gasteiger partial charge in [0, 0.05) is 6.04 Å². The molecule has 2 aliphatic rings. The predicted octanol–water partition coefficient (Wildman–Crippen LogP) is -0.105. The first-order chi connectivity index (χ1) is 3.38. The maximum Gasteiger partial charge on any atom is 0.225 e. The summed E-state index contributed by atoms with van der Waals surface area (Å²) >= 11 is 0. The predicted molar refractivity (Wildman–Crippen MR) is 24.7 cm³/mol. The Hall–Kier alpha value is -0.530. The summed E-state index contributed by atoms with van der Waals surface area (Å²) in [5, 5.41) is 2.80. The van der Waals surface area contributed by atoms with E-state index in [4.69, 9.17) is 0 Å². The van der Waals surface area contributed by atoms with Gasteiger partial charge in [0.1, 0.15) is 0 Å². The van der Waals surface area contributed by atoms with E-state index in [0.29, 0.717) is 12.0 Å². The SMILES string of the molecule is O=C1NC2CCC12. The van der Waals surface area contributed by atoms with E-state index in [1.807, 2.05) is 0 Å². The first-order valence-electron chi connectivity index (χ1n) is 2.68. The van der Waals surface area contributed by atoms with Crippen LogP contribution in [-0.2, 0) is 4.79 Å². The van der Waals surface area contributed by atoms with Gasteiger partial charge in [-0.3, -0.25) is 4.79 Å². The number of rotatable bonds is 0. The van der Waals surface area contributed by atoms with Gasteiger partial charge in [0.2, 0.25) is 5.91 Å². The molecule has 2 fully saturated rings. The lowest BCUT2D eigenvalue weighted by Gasteiger charge is -2.45. The molecule has 0 bridgehead atoms. The van der Waals surface area contributed by atoms with Gasteiger partial charge in [0.05, 0.1) is 5.92 Å². The fourth-order valence-corrected chi connectivity index (χ4v) is 1.18. The largest absolute Gasteiger partial charge is 0.352 e. The van der Waals surface area contributed by atoms with E-state index >= 15 is 0 Å². The molecule has 0 aromatic rings. The van der Waals surface area contributed by atoms with Crippen LogP contribution in [0.5, 0.6) is 0 Å². The lowest BCUT2D eigenvalue weighted by atomic mass is 9.73. The number of hydrogen-bond donors (Lipinski definition) is 1. The Morgan fingerprint density at radius 3 is 2.43 bits per heavy atom. The van der Waals surface area contributed by atoms with Gasteiger partial charge in [-0.1, -0.05) is 0 Å². The molecular weight excluding hydrogens is 90.1 g/mol. The Bertz CT molecular complexity index is 121. The van der Waals surface area contributed by atoms with E-state index in [2.05, 4.69) is 5.32 Å². The Morgan fingerprint density at radius 2 is 2.43 bits per heavy atom. The molecule has 0 spiro atoms. The highest BCUT2D eigenvalue weighted by molar-refractivity contribution is 5.87. The molecule has 38 valence electrons. The van der Waals surface area contributed by atoms with Crippen molar-refractivity contribution in [2.24, 2.45) is 5.92 Å². The van der Waals surface area contributed by atoms with Gasteiger partial charge in [-0.25, -0.2) is 0 Å². The third-order valence-corrected chi connectivity index (χ3v) is 1.94. The monoisotopic (exact) mass is 97.1 g/mol. The van der Waals surface area contributed by atoms with Crippen molar-refractivity contribution in [3.8, 4) is 0 Å². The summed E-state index contributed by atoms with van der Waals surface area (Å²) < 4.78 is 0. The number of carbonyl (C=O) groups is 1. The van der Waals surface area contributed by atoms with Crippen LogP contribution in [-0.4, -0.2) is 11.9 Å². The molecule has 1 saturated heterocycles. The fraction of sp³-hybridized carbons (Fsp3) is 0.800. The van der Waals surface area contributed by atoms with Gasteiger partial charge in [-0.05, 0) is 12.8 Å². The maximum absolute atomic E-state index is 10.4. The molecule has 1 amide bonds. The molecule has 0 aromatic heterocycles. The highest BCUT2D eigenvalue weighted by Crippen LogP contribution is 2.34. The van der Waals surface area contributed by atoms with Gasteiger partial charge in [0.25, 0.3) is 0 Å². The minimum atomic E-state index is 0.274. The van der Waals surface area contributed by atoms with Gasteiger partial charge >= 0.3 is 0 Å². The summed E-state index contributed by atoms with van der Waals surface area (Å²) in [4.78, 5) is 10.4. The number of fused-ring (bicyclic) bond motifs is 1. The van der Waals surface area contributed by atoms with Crippen molar-refractivity contribution in [2.45, 2.75) is 18.9 Å². The molecule has 0 aromatic carbocycles. The summed E-state index contributed by atoms with van der Waals surface area (Å²) in [7, 11) is 0. The van der Waals surface area contributed by atoms with Crippen LogP contribution in [0.25, 0.3) is 0 Å². The molecule has 2 atom stereocenters. The number of nitrogens with one attached hydrogen (secondary N) is 1. The number of β-lactam (4-membered cyclic amide) rings is 1. The molecule has 7 heavy (non-hydrogen) atoms. The molecule has 2 nitrogen and oxygen atoms in total. The second-order valence-corrected chi connectivity index (χ2v) is 2.30. The molecule has 2 heteroatoms. The second-order valence-electron chi connectivity index (χ2n) is 2.30. The second kappa shape index (κ2) is 0.831. The number of piperidine rings is 1. The third-order valence-electron chi connectivity index (χ3n) is 1.94. The molecule has 1 aliphatic carbocycles.